The lowest BCUT2D eigenvalue weighted by Gasteiger charge is -2.42. The standard InChI is InChI=1S/C18H16Cl2O4/c19-16-13(24-8-14(22)23)4-10-7-18-3-1-2-9(6-18)12(21)5-11(18)15(10)17(16)20/h4-5,9H,1-3,6-8H2,(H,22,23). The highest BCUT2D eigenvalue weighted by molar-refractivity contribution is 6.44. The zero-order valence-electron chi connectivity index (χ0n) is 12.9. The maximum Gasteiger partial charge on any atom is 0.341 e. The Morgan fingerprint density at radius 1 is 1.38 bits per heavy atom. The molecule has 1 fully saturated rings. The van der Waals surface area contributed by atoms with Gasteiger partial charge in [0.2, 0.25) is 0 Å². The molecule has 1 saturated carbocycles. The highest BCUT2D eigenvalue weighted by Gasteiger charge is 2.50. The lowest BCUT2D eigenvalue weighted by Crippen LogP contribution is -2.35. The normalized spacial score (nSPS) is 27.3. The topological polar surface area (TPSA) is 63.6 Å². The van der Waals surface area contributed by atoms with Crippen molar-refractivity contribution in [3.05, 3.63) is 33.3 Å². The van der Waals surface area contributed by atoms with Crippen LogP contribution in [0.2, 0.25) is 10.0 Å². The summed E-state index contributed by atoms with van der Waals surface area (Å²) in [5, 5.41) is 9.36. The number of hydrogen-bond donors (Lipinski definition) is 1. The Morgan fingerprint density at radius 3 is 2.92 bits per heavy atom. The average Bonchev–Trinajstić information content (AvgIpc) is 2.82. The molecule has 2 atom stereocenters. The molecule has 0 saturated heterocycles. The number of carboxylic acid groups (broad SMARTS) is 1. The van der Waals surface area contributed by atoms with Crippen LogP contribution in [0.25, 0.3) is 5.57 Å². The third-order valence-electron chi connectivity index (χ3n) is 5.51. The van der Waals surface area contributed by atoms with E-state index in [0.29, 0.717) is 5.02 Å². The Balaban J connectivity index is 1.81. The molecule has 0 amide bonds. The van der Waals surface area contributed by atoms with Crippen molar-refractivity contribution < 1.29 is 19.4 Å². The summed E-state index contributed by atoms with van der Waals surface area (Å²) in [7, 11) is 0. The van der Waals surface area contributed by atoms with E-state index in [2.05, 4.69) is 0 Å². The van der Waals surface area contributed by atoms with Gasteiger partial charge in [0.1, 0.15) is 10.8 Å². The van der Waals surface area contributed by atoms with Crippen LogP contribution in [-0.2, 0) is 16.0 Å². The van der Waals surface area contributed by atoms with Gasteiger partial charge in [-0.2, -0.15) is 0 Å². The summed E-state index contributed by atoms with van der Waals surface area (Å²) >= 11 is 12.8. The van der Waals surface area contributed by atoms with Gasteiger partial charge in [-0.25, -0.2) is 4.79 Å². The number of aliphatic carboxylic acids is 1. The second kappa shape index (κ2) is 5.50. The van der Waals surface area contributed by atoms with Gasteiger partial charge in [0.15, 0.2) is 12.4 Å². The van der Waals surface area contributed by atoms with E-state index >= 15 is 0 Å². The number of ether oxygens (including phenoxy) is 1. The number of rotatable bonds is 3. The molecule has 2 unspecified atom stereocenters. The molecule has 0 radical (unpaired) electrons. The first kappa shape index (κ1) is 16.0. The minimum absolute atomic E-state index is 0.0302. The molecule has 0 aliphatic heterocycles. The summed E-state index contributed by atoms with van der Waals surface area (Å²) in [6.45, 7) is -0.469. The number of carboxylic acids is 1. The van der Waals surface area contributed by atoms with Gasteiger partial charge in [-0.3, -0.25) is 4.79 Å². The van der Waals surface area contributed by atoms with Crippen LogP contribution in [-0.4, -0.2) is 23.5 Å². The average molecular weight is 367 g/mol. The Morgan fingerprint density at radius 2 is 2.17 bits per heavy atom. The number of benzene rings is 1. The summed E-state index contributed by atoms with van der Waals surface area (Å²) in [4.78, 5) is 23.1. The molecule has 6 heteroatoms. The SMILES string of the molecule is O=C(O)COc1cc2c(c(Cl)c1Cl)C1=CC(=O)C3CCCC1(C2)C3. The molecular weight excluding hydrogens is 351 g/mol. The van der Waals surface area contributed by atoms with Gasteiger partial charge < -0.3 is 9.84 Å². The lowest BCUT2D eigenvalue weighted by molar-refractivity contribution is -0.139. The highest BCUT2D eigenvalue weighted by Crippen LogP contribution is 2.61. The number of carbonyl (C=O) groups is 2. The van der Waals surface area contributed by atoms with Crippen LogP contribution >= 0.6 is 23.2 Å². The van der Waals surface area contributed by atoms with E-state index in [1.807, 2.05) is 0 Å². The molecule has 1 N–H and O–H groups in total. The fraction of sp³-hybridized carbons (Fsp3) is 0.444. The number of allylic oxidation sites excluding steroid dienone is 2. The summed E-state index contributed by atoms with van der Waals surface area (Å²) in [5.74, 6) is -0.476. The Bertz CT molecular complexity index is 799. The first-order valence-corrected chi connectivity index (χ1v) is 8.79. The molecule has 3 aliphatic rings. The van der Waals surface area contributed by atoms with E-state index in [-0.39, 0.29) is 27.9 Å². The zero-order valence-corrected chi connectivity index (χ0v) is 14.4. The highest BCUT2D eigenvalue weighted by atomic mass is 35.5. The zero-order chi connectivity index (χ0) is 17.1. The molecule has 1 spiro atoms. The van der Waals surface area contributed by atoms with Crippen molar-refractivity contribution in [3.63, 3.8) is 0 Å². The van der Waals surface area contributed by atoms with Crippen LogP contribution < -0.4 is 4.74 Å². The van der Waals surface area contributed by atoms with Crippen LogP contribution in [0, 0.1) is 11.3 Å². The van der Waals surface area contributed by atoms with Crippen molar-refractivity contribution in [2.45, 2.75) is 32.1 Å². The van der Waals surface area contributed by atoms with E-state index < -0.39 is 12.6 Å². The lowest BCUT2D eigenvalue weighted by atomic mass is 9.61. The molecular formula is C18H16Cl2O4. The smallest absolute Gasteiger partial charge is 0.341 e. The van der Waals surface area contributed by atoms with Crippen molar-refractivity contribution in [3.8, 4) is 5.75 Å². The fourth-order valence-corrected chi connectivity index (χ4v) is 5.07. The van der Waals surface area contributed by atoms with Crippen molar-refractivity contribution >= 4 is 40.5 Å². The van der Waals surface area contributed by atoms with Gasteiger partial charge in [0, 0.05) is 16.9 Å². The number of carbonyl (C=O) groups excluding carboxylic acids is 1. The second-order valence-electron chi connectivity index (χ2n) is 6.93. The fourth-order valence-electron chi connectivity index (χ4n) is 4.55. The molecule has 2 bridgehead atoms. The Labute approximate surface area is 149 Å². The maximum atomic E-state index is 12.4. The molecule has 1 aromatic rings. The number of fused-ring (bicyclic) bond motifs is 3. The van der Waals surface area contributed by atoms with Crippen molar-refractivity contribution in [1.29, 1.82) is 0 Å². The Hall–Kier alpha value is -1.52. The molecule has 0 heterocycles. The van der Waals surface area contributed by atoms with Gasteiger partial charge in [0.05, 0.1) is 5.02 Å². The maximum absolute atomic E-state index is 12.4. The number of hydrogen-bond acceptors (Lipinski definition) is 3. The summed E-state index contributed by atoms with van der Waals surface area (Å²) in [6.07, 6.45) is 6.47. The molecule has 3 aliphatic carbocycles. The molecule has 1 aromatic carbocycles. The van der Waals surface area contributed by atoms with Gasteiger partial charge in [-0.15, -0.1) is 0 Å². The van der Waals surface area contributed by atoms with Crippen molar-refractivity contribution in [2.24, 2.45) is 11.3 Å². The number of ketones is 1. The summed E-state index contributed by atoms with van der Waals surface area (Å²) in [5.41, 5.74) is 2.82. The van der Waals surface area contributed by atoms with Crippen molar-refractivity contribution in [2.75, 3.05) is 6.61 Å². The van der Waals surface area contributed by atoms with Gasteiger partial charge in [-0.05, 0) is 49.0 Å². The minimum Gasteiger partial charge on any atom is -0.480 e. The van der Waals surface area contributed by atoms with Gasteiger partial charge in [0.25, 0.3) is 0 Å². The first-order valence-electron chi connectivity index (χ1n) is 8.03. The quantitative estimate of drug-likeness (QED) is 0.872. The number of halogens is 2. The molecule has 126 valence electrons. The summed E-state index contributed by atoms with van der Waals surface area (Å²) in [6, 6.07) is 1.79. The Kier molecular flexibility index (Phi) is 3.66. The predicted molar refractivity (Wildman–Crippen MR) is 90.7 cm³/mol. The van der Waals surface area contributed by atoms with Crippen LogP contribution in [0.4, 0.5) is 0 Å². The molecule has 4 rings (SSSR count). The third kappa shape index (κ3) is 2.27. The van der Waals surface area contributed by atoms with Gasteiger partial charge >= 0.3 is 5.97 Å². The van der Waals surface area contributed by atoms with Crippen molar-refractivity contribution in [1.82, 2.24) is 0 Å². The minimum atomic E-state index is -1.07. The van der Waals surface area contributed by atoms with Crippen LogP contribution in [0.15, 0.2) is 12.1 Å². The van der Waals surface area contributed by atoms with Crippen LogP contribution in [0.3, 0.4) is 0 Å². The predicted octanol–water partition coefficient (Wildman–Crippen LogP) is 4.16. The van der Waals surface area contributed by atoms with Gasteiger partial charge in [-0.1, -0.05) is 29.6 Å². The van der Waals surface area contributed by atoms with E-state index in [1.165, 1.54) is 0 Å². The second-order valence-corrected chi connectivity index (χ2v) is 7.69. The molecule has 24 heavy (non-hydrogen) atoms. The van der Waals surface area contributed by atoms with Crippen LogP contribution in [0.1, 0.15) is 36.8 Å². The first-order chi connectivity index (χ1) is 11.4. The third-order valence-corrected chi connectivity index (χ3v) is 6.36. The monoisotopic (exact) mass is 366 g/mol. The summed E-state index contributed by atoms with van der Waals surface area (Å²) < 4.78 is 5.28. The van der Waals surface area contributed by atoms with E-state index in [4.69, 9.17) is 33.0 Å². The van der Waals surface area contributed by atoms with Crippen LogP contribution in [0.5, 0.6) is 5.75 Å². The largest absolute Gasteiger partial charge is 0.480 e. The van der Waals surface area contributed by atoms with E-state index in [9.17, 15) is 9.59 Å². The molecule has 4 nitrogen and oxygen atoms in total. The van der Waals surface area contributed by atoms with E-state index in [1.54, 1.807) is 12.1 Å². The molecule has 0 aromatic heterocycles. The van der Waals surface area contributed by atoms with E-state index in [0.717, 1.165) is 48.8 Å².